The molecule has 1 heterocycles. The highest BCUT2D eigenvalue weighted by atomic mass is 16.4. The van der Waals surface area contributed by atoms with Gasteiger partial charge in [0.2, 0.25) is 0 Å². The molecular formula is C8H13N3O2. The number of carboxylic acid groups (broad SMARTS) is 1. The molecule has 3 N–H and O–H groups in total. The summed E-state index contributed by atoms with van der Waals surface area (Å²) in [5, 5.41) is 14.7. The van der Waals surface area contributed by atoms with Crippen LogP contribution in [0.4, 0.5) is 0 Å². The lowest BCUT2D eigenvalue weighted by molar-refractivity contribution is -0.443. The normalized spacial score (nSPS) is 12.9. The number of rotatable bonds is 2. The van der Waals surface area contributed by atoms with Gasteiger partial charge in [-0.2, -0.15) is 5.10 Å². The Morgan fingerprint density at radius 3 is 2.46 bits per heavy atom. The van der Waals surface area contributed by atoms with Gasteiger partial charge in [-0.3, -0.25) is 4.68 Å². The van der Waals surface area contributed by atoms with Gasteiger partial charge in [0.15, 0.2) is 6.04 Å². The SMILES string of the molecule is Cc1nn(C)c(C)c1[C@@H]([NH3+])C(=O)[O-]. The van der Waals surface area contributed by atoms with Gasteiger partial charge < -0.3 is 15.6 Å². The van der Waals surface area contributed by atoms with Crippen LogP contribution < -0.4 is 10.8 Å². The Morgan fingerprint density at radius 1 is 1.62 bits per heavy atom. The summed E-state index contributed by atoms with van der Waals surface area (Å²) in [5.74, 6) is -1.17. The van der Waals surface area contributed by atoms with Crippen molar-refractivity contribution in [1.82, 2.24) is 9.78 Å². The van der Waals surface area contributed by atoms with Gasteiger partial charge in [-0.15, -0.1) is 0 Å². The summed E-state index contributed by atoms with van der Waals surface area (Å²) in [6.45, 7) is 3.58. The molecule has 0 spiro atoms. The molecule has 13 heavy (non-hydrogen) atoms. The van der Waals surface area contributed by atoms with Gasteiger partial charge in [0.25, 0.3) is 0 Å². The lowest BCUT2D eigenvalue weighted by Crippen LogP contribution is -2.61. The molecule has 0 aliphatic carbocycles. The van der Waals surface area contributed by atoms with Crippen LogP contribution in [-0.4, -0.2) is 15.7 Å². The number of carbonyl (C=O) groups is 1. The van der Waals surface area contributed by atoms with Crippen molar-refractivity contribution >= 4 is 5.97 Å². The van der Waals surface area contributed by atoms with Gasteiger partial charge in [-0.1, -0.05) is 0 Å². The van der Waals surface area contributed by atoms with Crippen LogP contribution in [0.2, 0.25) is 0 Å². The van der Waals surface area contributed by atoms with Crippen LogP contribution in [0.5, 0.6) is 0 Å². The van der Waals surface area contributed by atoms with E-state index in [0.717, 1.165) is 5.69 Å². The molecule has 1 atom stereocenters. The van der Waals surface area contributed by atoms with Crippen molar-refractivity contribution in [3.8, 4) is 0 Å². The Balaban J connectivity index is 3.20. The zero-order valence-electron chi connectivity index (χ0n) is 8.00. The van der Waals surface area contributed by atoms with Crippen molar-refractivity contribution < 1.29 is 15.6 Å². The molecule has 0 aliphatic heterocycles. The molecule has 5 heteroatoms. The first kappa shape index (κ1) is 9.73. The number of hydrogen-bond donors (Lipinski definition) is 1. The zero-order chi connectivity index (χ0) is 10.2. The van der Waals surface area contributed by atoms with E-state index in [1.54, 1.807) is 18.7 Å². The van der Waals surface area contributed by atoms with Crippen LogP contribution in [0, 0.1) is 13.8 Å². The second kappa shape index (κ2) is 3.18. The first-order valence-electron chi connectivity index (χ1n) is 3.99. The minimum absolute atomic E-state index is 0.655. The van der Waals surface area contributed by atoms with Crippen LogP contribution in [0.1, 0.15) is 23.0 Å². The third-order valence-corrected chi connectivity index (χ3v) is 2.20. The van der Waals surface area contributed by atoms with Gasteiger partial charge in [0, 0.05) is 12.7 Å². The lowest BCUT2D eigenvalue weighted by atomic mass is 10.1. The maximum atomic E-state index is 10.6. The maximum Gasteiger partial charge on any atom is 0.154 e. The number of quaternary nitrogens is 1. The van der Waals surface area contributed by atoms with E-state index in [1.807, 2.05) is 6.92 Å². The summed E-state index contributed by atoms with van der Waals surface area (Å²) >= 11 is 0. The fourth-order valence-corrected chi connectivity index (χ4v) is 1.41. The first-order valence-corrected chi connectivity index (χ1v) is 3.99. The molecular weight excluding hydrogens is 170 g/mol. The number of aromatic nitrogens is 2. The average molecular weight is 183 g/mol. The van der Waals surface area contributed by atoms with Gasteiger partial charge in [0.1, 0.15) is 5.97 Å². The van der Waals surface area contributed by atoms with Gasteiger partial charge in [-0.25, -0.2) is 0 Å². The Morgan fingerprint density at radius 2 is 2.15 bits per heavy atom. The molecule has 0 bridgehead atoms. The highest BCUT2D eigenvalue weighted by molar-refractivity contribution is 5.72. The number of aliphatic carboxylic acids is 1. The molecule has 0 fully saturated rings. The molecule has 0 aliphatic rings. The third kappa shape index (κ3) is 1.55. The van der Waals surface area contributed by atoms with E-state index in [0.29, 0.717) is 11.3 Å². The van der Waals surface area contributed by atoms with Crippen molar-refractivity contribution in [2.24, 2.45) is 7.05 Å². The van der Waals surface area contributed by atoms with Crippen LogP contribution in [0.3, 0.4) is 0 Å². The number of nitrogens with zero attached hydrogens (tertiary/aromatic N) is 2. The van der Waals surface area contributed by atoms with Crippen molar-refractivity contribution in [2.75, 3.05) is 0 Å². The summed E-state index contributed by atoms with van der Waals surface area (Å²) in [5.41, 5.74) is 5.70. The average Bonchev–Trinajstić information content (AvgIpc) is 2.26. The summed E-state index contributed by atoms with van der Waals surface area (Å²) in [6, 6.07) is -0.839. The van der Waals surface area contributed by atoms with E-state index in [-0.39, 0.29) is 0 Å². The van der Waals surface area contributed by atoms with Crippen molar-refractivity contribution in [1.29, 1.82) is 0 Å². The second-order valence-corrected chi connectivity index (χ2v) is 3.08. The predicted molar refractivity (Wildman–Crippen MR) is 43.3 cm³/mol. The minimum Gasteiger partial charge on any atom is -0.544 e. The van der Waals surface area contributed by atoms with Gasteiger partial charge in [0.05, 0.1) is 11.3 Å². The zero-order valence-corrected chi connectivity index (χ0v) is 8.00. The van der Waals surface area contributed by atoms with Gasteiger partial charge in [-0.05, 0) is 13.8 Å². The number of hydrogen-bond acceptors (Lipinski definition) is 3. The Hall–Kier alpha value is -1.36. The van der Waals surface area contributed by atoms with E-state index in [4.69, 9.17) is 0 Å². The number of aryl methyl sites for hydroxylation is 2. The molecule has 1 rings (SSSR count). The Kier molecular flexibility index (Phi) is 2.38. The fourth-order valence-electron chi connectivity index (χ4n) is 1.41. The van der Waals surface area contributed by atoms with Gasteiger partial charge >= 0.3 is 0 Å². The molecule has 5 nitrogen and oxygen atoms in total. The van der Waals surface area contributed by atoms with Crippen molar-refractivity contribution in [2.45, 2.75) is 19.9 Å². The summed E-state index contributed by atoms with van der Waals surface area (Å²) in [4.78, 5) is 10.6. The minimum atomic E-state index is -1.17. The summed E-state index contributed by atoms with van der Waals surface area (Å²) in [7, 11) is 1.77. The number of carbonyl (C=O) groups excluding carboxylic acids is 1. The molecule has 0 saturated carbocycles. The van der Waals surface area contributed by atoms with Crippen LogP contribution in [-0.2, 0) is 11.8 Å². The Labute approximate surface area is 76.2 Å². The maximum absolute atomic E-state index is 10.6. The van der Waals surface area contributed by atoms with Crippen LogP contribution in [0.15, 0.2) is 0 Å². The van der Waals surface area contributed by atoms with E-state index in [2.05, 4.69) is 10.8 Å². The first-order chi connectivity index (χ1) is 5.95. The van der Waals surface area contributed by atoms with Crippen LogP contribution >= 0.6 is 0 Å². The third-order valence-electron chi connectivity index (χ3n) is 2.20. The molecule has 0 radical (unpaired) electrons. The summed E-state index contributed by atoms with van der Waals surface area (Å²) in [6.07, 6.45) is 0. The topological polar surface area (TPSA) is 85.6 Å². The number of carboxylic acids is 1. The highest BCUT2D eigenvalue weighted by Crippen LogP contribution is 2.16. The highest BCUT2D eigenvalue weighted by Gasteiger charge is 2.20. The molecule has 0 unspecified atom stereocenters. The molecule has 1 aromatic rings. The van der Waals surface area contributed by atoms with E-state index < -0.39 is 12.0 Å². The van der Waals surface area contributed by atoms with Crippen molar-refractivity contribution in [3.63, 3.8) is 0 Å². The largest absolute Gasteiger partial charge is 0.544 e. The second-order valence-electron chi connectivity index (χ2n) is 3.08. The van der Waals surface area contributed by atoms with E-state index >= 15 is 0 Å². The predicted octanol–water partition coefficient (Wildman–Crippen LogP) is -1.93. The lowest BCUT2D eigenvalue weighted by Gasteiger charge is -2.09. The van der Waals surface area contributed by atoms with Crippen LogP contribution in [0.25, 0.3) is 0 Å². The van der Waals surface area contributed by atoms with E-state index in [9.17, 15) is 9.90 Å². The molecule has 0 saturated heterocycles. The molecule has 0 amide bonds. The molecule has 72 valence electrons. The van der Waals surface area contributed by atoms with Crippen molar-refractivity contribution in [3.05, 3.63) is 17.0 Å². The molecule has 0 aromatic carbocycles. The monoisotopic (exact) mass is 183 g/mol. The molecule has 1 aromatic heterocycles. The smallest absolute Gasteiger partial charge is 0.154 e. The Bertz CT molecular complexity index is 343. The fraction of sp³-hybridized carbons (Fsp3) is 0.500. The quantitative estimate of drug-likeness (QED) is 0.579. The summed E-state index contributed by atoms with van der Waals surface area (Å²) < 4.78 is 1.64. The standard InChI is InChI=1S/C8H13N3O2/c1-4-6(7(9)8(12)13)5(2)11(3)10-4/h7H,9H2,1-3H3,(H,12,13)/t7-/m1/s1. The van der Waals surface area contributed by atoms with E-state index in [1.165, 1.54) is 0 Å².